The van der Waals surface area contributed by atoms with E-state index in [9.17, 15) is 0 Å². The summed E-state index contributed by atoms with van der Waals surface area (Å²) in [7, 11) is 0. The zero-order valence-electron chi connectivity index (χ0n) is 4.90. The predicted molar refractivity (Wildman–Crippen MR) is 28.6 cm³/mol. The van der Waals surface area contributed by atoms with Gasteiger partial charge in [0.1, 0.15) is 6.10 Å². The van der Waals surface area contributed by atoms with E-state index in [0.717, 1.165) is 0 Å². The van der Waals surface area contributed by atoms with Crippen LogP contribution in [0.1, 0.15) is 6.42 Å². The van der Waals surface area contributed by atoms with Crippen LogP contribution in [-0.4, -0.2) is 40.4 Å². The first-order valence-corrected chi connectivity index (χ1v) is 2.86. The molecule has 1 aliphatic heterocycles. The highest BCUT2D eigenvalue weighted by Crippen LogP contribution is 2.17. The molecule has 3 atom stereocenters. The minimum absolute atomic E-state index is 0.200. The summed E-state index contributed by atoms with van der Waals surface area (Å²) in [6.07, 6.45) is -2.02. The van der Waals surface area contributed by atoms with E-state index >= 15 is 0 Å². The Balaban J connectivity index is 2.38. The van der Waals surface area contributed by atoms with Crippen LogP contribution in [0, 0.1) is 0 Å². The van der Waals surface area contributed by atoms with Gasteiger partial charge in [-0.3, -0.25) is 0 Å². The second-order valence-corrected chi connectivity index (χ2v) is 2.11. The van der Waals surface area contributed by atoms with Crippen molar-refractivity contribution in [2.75, 3.05) is 6.61 Å². The molecule has 0 radical (unpaired) electrons. The Labute approximate surface area is 52.7 Å². The summed E-state index contributed by atoms with van der Waals surface area (Å²) in [6, 6.07) is 0. The molecule has 1 aliphatic rings. The van der Waals surface area contributed by atoms with Gasteiger partial charge in [-0.05, 0) is 0 Å². The number of aliphatic hydroxyl groups is 3. The third-order valence-electron chi connectivity index (χ3n) is 1.38. The van der Waals surface area contributed by atoms with Gasteiger partial charge in [-0.15, -0.1) is 0 Å². The average Bonchev–Trinajstić information content (AvgIpc) is 2.10. The monoisotopic (exact) mass is 134 g/mol. The van der Waals surface area contributed by atoms with Crippen LogP contribution in [0.15, 0.2) is 0 Å². The first kappa shape index (κ1) is 6.95. The Morgan fingerprint density at radius 3 is 2.33 bits per heavy atom. The normalized spacial score (nSPS) is 43.7. The molecule has 0 unspecified atom stereocenters. The molecule has 3 N–H and O–H groups in total. The molecule has 1 rings (SSSR count). The first-order chi connectivity index (χ1) is 4.24. The van der Waals surface area contributed by atoms with Crippen molar-refractivity contribution in [3.05, 3.63) is 0 Å². The largest absolute Gasteiger partial charge is 0.394 e. The molecule has 1 saturated heterocycles. The summed E-state index contributed by atoms with van der Waals surface area (Å²) in [6.45, 7) is -0.238. The molecule has 0 saturated carbocycles. The van der Waals surface area contributed by atoms with Crippen molar-refractivity contribution in [1.29, 1.82) is 0 Å². The molecular formula is C5H10O4. The molecule has 0 aromatic carbocycles. The van der Waals surface area contributed by atoms with Crippen molar-refractivity contribution in [2.24, 2.45) is 0 Å². The van der Waals surface area contributed by atoms with E-state index in [2.05, 4.69) is 4.74 Å². The molecule has 1 fully saturated rings. The summed E-state index contributed by atoms with van der Waals surface area (Å²) in [4.78, 5) is 0. The summed E-state index contributed by atoms with van der Waals surface area (Å²) >= 11 is 0. The van der Waals surface area contributed by atoms with Crippen LogP contribution < -0.4 is 0 Å². The van der Waals surface area contributed by atoms with Crippen LogP contribution in [0.5, 0.6) is 0 Å². The van der Waals surface area contributed by atoms with Gasteiger partial charge in [0, 0.05) is 6.42 Å². The average molecular weight is 134 g/mol. The lowest BCUT2D eigenvalue weighted by molar-refractivity contribution is -0.107. The summed E-state index contributed by atoms with van der Waals surface area (Å²) < 4.78 is 4.68. The van der Waals surface area contributed by atoms with E-state index in [1.165, 1.54) is 0 Å². The van der Waals surface area contributed by atoms with E-state index in [0.29, 0.717) is 0 Å². The second-order valence-electron chi connectivity index (χ2n) is 2.11. The minimum atomic E-state index is -0.905. The lowest BCUT2D eigenvalue weighted by atomic mass is 10.2. The van der Waals surface area contributed by atoms with Gasteiger partial charge in [0.05, 0.1) is 12.7 Å². The zero-order chi connectivity index (χ0) is 6.85. The molecule has 0 spiro atoms. The molecule has 0 aliphatic carbocycles. The molecular weight excluding hydrogens is 124 g/mol. The van der Waals surface area contributed by atoms with Crippen molar-refractivity contribution in [2.45, 2.75) is 24.9 Å². The van der Waals surface area contributed by atoms with Crippen LogP contribution in [-0.2, 0) is 4.74 Å². The fraction of sp³-hybridized carbons (Fsp3) is 1.00. The number of ether oxygens (including phenoxy) is 1. The van der Waals surface area contributed by atoms with Crippen molar-refractivity contribution in [3.63, 3.8) is 0 Å². The molecule has 0 bridgehead atoms. The zero-order valence-corrected chi connectivity index (χ0v) is 4.90. The van der Waals surface area contributed by atoms with Gasteiger partial charge in [0.25, 0.3) is 0 Å². The first-order valence-electron chi connectivity index (χ1n) is 2.86. The van der Waals surface area contributed by atoms with Crippen molar-refractivity contribution in [3.8, 4) is 0 Å². The number of hydrogen-bond donors (Lipinski definition) is 3. The Hall–Kier alpha value is -0.160. The van der Waals surface area contributed by atoms with Crippen LogP contribution in [0.2, 0.25) is 0 Å². The molecule has 54 valence electrons. The van der Waals surface area contributed by atoms with Gasteiger partial charge in [-0.25, -0.2) is 0 Å². The van der Waals surface area contributed by atoms with Crippen LogP contribution in [0.25, 0.3) is 0 Å². The van der Waals surface area contributed by atoms with E-state index in [-0.39, 0.29) is 13.0 Å². The standard InChI is InChI=1S/C5H10O4/c6-2-4-3(7)1-5(8)9-4/h3-8H,1-2H2/t3-,4-,5+/m0/s1. The number of aliphatic hydroxyl groups excluding tert-OH is 3. The Bertz CT molecular complexity index is 95.0. The quantitative estimate of drug-likeness (QED) is 0.406. The third kappa shape index (κ3) is 1.40. The lowest BCUT2D eigenvalue weighted by Gasteiger charge is -2.08. The molecule has 4 nitrogen and oxygen atoms in total. The summed E-state index contributed by atoms with van der Waals surface area (Å²) in [5.74, 6) is 0. The fourth-order valence-electron chi connectivity index (χ4n) is 0.871. The molecule has 0 aromatic heterocycles. The molecule has 9 heavy (non-hydrogen) atoms. The predicted octanol–water partition coefficient (Wildman–Crippen LogP) is -1.55. The SMILES string of the molecule is OC[C@@H]1O[C@@H](O)C[C@@H]1O. The molecule has 0 aromatic rings. The summed E-state index contributed by atoms with van der Waals surface area (Å²) in [5, 5.41) is 26.1. The lowest BCUT2D eigenvalue weighted by Crippen LogP contribution is -2.24. The van der Waals surface area contributed by atoms with E-state index in [1.54, 1.807) is 0 Å². The fourth-order valence-corrected chi connectivity index (χ4v) is 0.871. The highest BCUT2D eigenvalue weighted by molar-refractivity contribution is 4.75. The van der Waals surface area contributed by atoms with Crippen LogP contribution in [0.4, 0.5) is 0 Å². The van der Waals surface area contributed by atoms with Gasteiger partial charge in [-0.1, -0.05) is 0 Å². The van der Waals surface area contributed by atoms with Gasteiger partial charge in [-0.2, -0.15) is 0 Å². The minimum Gasteiger partial charge on any atom is -0.394 e. The molecule has 4 heteroatoms. The van der Waals surface area contributed by atoms with Crippen molar-refractivity contribution in [1.82, 2.24) is 0 Å². The molecule has 0 amide bonds. The van der Waals surface area contributed by atoms with E-state index in [4.69, 9.17) is 15.3 Å². The topological polar surface area (TPSA) is 69.9 Å². The van der Waals surface area contributed by atoms with Crippen LogP contribution in [0.3, 0.4) is 0 Å². The van der Waals surface area contributed by atoms with Crippen LogP contribution >= 0.6 is 0 Å². The number of hydrogen-bond acceptors (Lipinski definition) is 4. The maximum Gasteiger partial charge on any atom is 0.157 e. The molecule has 1 heterocycles. The number of rotatable bonds is 1. The second kappa shape index (κ2) is 2.62. The smallest absolute Gasteiger partial charge is 0.157 e. The summed E-state index contributed by atoms with van der Waals surface area (Å²) in [5.41, 5.74) is 0. The third-order valence-corrected chi connectivity index (χ3v) is 1.38. The van der Waals surface area contributed by atoms with Gasteiger partial charge in [0.15, 0.2) is 6.29 Å². The van der Waals surface area contributed by atoms with Crippen molar-refractivity contribution < 1.29 is 20.1 Å². The maximum absolute atomic E-state index is 8.91. The van der Waals surface area contributed by atoms with Gasteiger partial charge in [0.2, 0.25) is 0 Å². The van der Waals surface area contributed by atoms with Crippen molar-refractivity contribution >= 4 is 0 Å². The van der Waals surface area contributed by atoms with Gasteiger partial charge >= 0.3 is 0 Å². The van der Waals surface area contributed by atoms with E-state index in [1.807, 2.05) is 0 Å². The highest BCUT2D eigenvalue weighted by Gasteiger charge is 2.31. The maximum atomic E-state index is 8.91. The Morgan fingerprint density at radius 1 is 1.44 bits per heavy atom. The Kier molecular flexibility index (Phi) is 2.02. The highest BCUT2D eigenvalue weighted by atomic mass is 16.6. The van der Waals surface area contributed by atoms with Gasteiger partial charge < -0.3 is 20.1 Å². The van der Waals surface area contributed by atoms with E-state index < -0.39 is 18.5 Å². The Morgan fingerprint density at radius 2 is 2.11 bits per heavy atom.